The average molecular weight is 270 g/mol. The Morgan fingerprint density at radius 2 is 2.24 bits per heavy atom. The minimum absolute atomic E-state index is 0.440. The maximum atomic E-state index is 12.1. The summed E-state index contributed by atoms with van der Waals surface area (Å²) in [6, 6.07) is 6.96. The van der Waals surface area contributed by atoms with E-state index in [1.54, 1.807) is 29.1 Å². The van der Waals surface area contributed by atoms with Gasteiger partial charge in [-0.15, -0.1) is 0 Å². The van der Waals surface area contributed by atoms with E-state index < -0.39 is 10.8 Å². The van der Waals surface area contributed by atoms with Gasteiger partial charge in [-0.25, -0.2) is 0 Å². The predicted molar refractivity (Wildman–Crippen MR) is 69.4 cm³/mol. The van der Waals surface area contributed by atoms with Crippen molar-refractivity contribution >= 4 is 28.1 Å². The van der Waals surface area contributed by atoms with Crippen LogP contribution in [0, 0.1) is 0 Å². The molecule has 17 heavy (non-hydrogen) atoms. The van der Waals surface area contributed by atoms with Crippen molar-refractivity contribution in [1.29, 1.82) is 0 Å². The second kappa shape index (κ2) is 5.33. The van der Waals surface area contributed by atoms with Crippen molar-refractivity contribution in [3.8, 4) is 0 Å². The van der Waals surface area contributed by atoms with Crippen LogP contribution in [0.4, 0.5) is 5.69 Å². The third-order valence-corrected chi connectivity index (χ3v) is 4.18. The summed E-state index contributed by atoms with van der Waals surface area (Å²) in [6.45, 7) is 0.574. The Bertz CT molecular complexity index is 507. The van der Waals surface area contributed by atoms with Crippen LogP contribution in [0.5, 0.6) is 0 Å². The van der Waals surface area contributed by atoms with Gasteiger partial charge < -0.3 is 5.73 Å². The van der Waals surface area contributed by atoms with Gasteiger partial charge in [0.05, 0.1) is 27.3 Å². The molecule has 1 heterocycles. The number of hydrogen-bond donors (Lipinski definition) is 1. The highest BCUT2D eigenvalue weighted by Crippen LogP contribution is 2.25. The van der Waals surface area contributed by atoms with Crippen LogP contribution in [0.2, 0.25) is 5.02 Å². The summed E-state index contributed by atoms with van der Waals surface area (Å²) in [4.78, 5) is 0.515. The van der Waals surface area contributed by atoms with Crippen molar-refractivity contribution in [3.63, 3.8) is 0 Å². The summed E-state index contributed by atoms with van der Waals surface area (Å²) in [6.07, 6.45) is 3.51. The maximum Gasteiger partial charge on any atom is 0.0804 e. The smallest absolute Gasteiger partial charge is 0.0804 e. The number of nitrogen functional groups attached to an aromatic ring is 1. The molecule has 4 nitrogen and oxygen atoms in total. The molecule has 2 aromatic rings. The molecule has 0 amide bonds. The van der Waals surface area contributed by atoms with Crippen molar-refractivity contribution in [2.45, 2.75) is 11.4 Å². The molecule has 2 rings (SSSR count). The molecule has 0 aliphatic rings. The Kier molecular flexibility index (Phi) is 3.81. The minimum atomic E-state index is -1.21. The lowest BCUT2D eigenvalue weighted by atomic mass is 10.3. The normalized spacial score (nSPS) is 12.5. The molecule has 0 spiro atoms. The standard InChI is InChI=1S/C11H12ClN3OS/c12-9-3-1-4-10(13)11(9)17(16)8-7-15-6-2-5-14-15/h1-6H,7-8,13H2. The van der Waals surface area contributed by atoms with Crippen LogP contribution in [0.25, 0.3) is 0 Å². The van der Waals surface area contributed by atoms with E-state index in [9.17, 15) is 4.21 Å². The first-order valence-corrected chi connectivity index (χ1v) is 6.78. The van der Waals surface area contributed by atoms with Gasteiger partial charge in [0.2, 0.25) is 0 Å². The Hall–Kier alpha value is -1.33. The number of halogens is 1. The lowest BCUT2D eigenvalue weighted by Crippen LogP contribution is -2.10. The van der Waals surface area contributed by atoms with E-state index in [0.29, 0.717) is 27.9 Å². The lowest BCUT2D eigenvalue weighted by molar-refractivity contribution is 0.644. The molecule has 0 bridgehead atoms. The van der Waals surface area contributed by atoms with Crippen LogP contribution in [-0.2, 0) is 17.3 Å². The van der Waals surface area contributed by atoms with Gasteiger partial charge in [0.25, 0.3) is 0 Å². The van der Waals surface area contributed by atoms with Gasteiger partial charge in [-0.2, -0.15) is 5.10 Å². The zero-order valence-electron chi connectivity index (χ0n) is 9.04. The third kappa shape index (κ3) is 2.87. The SMILES string of the molecule is Nc1cccc(Cl)c1S(=O)CCn1cccn1. The molecular formula is C11H12ClN3OS. The van der Waals surface area contributed by atoms with Crippen LogP contribution >= 0.6 is 11.6 Å². The molecule has 90 valence electrons. The van der Waals surface area contributed by atoms with Gasteiger partial charge in [-0.1, -0.05) is 17.7 Å². The molecule has 0 fully saturated rings. The first kappa shape index (κ1) is 12.1. The fourth-order valence-corrected chi connectivity index (χ4v) is 3.09. The van der Waals surface area contributed by atoms with Gasteiger partial charge in [-0.3, -0.25) is 8.89 Å². The van der Waals surface area contributed by atoms with Gasteiger partial charge in [0, 0.05) is 23.8 Å². The largest absolute Gasteiger partial charge is 0.398 e. The fourth-order valence-electron chi connectivity index (χ4n) is 1.48. The molecule has 0 saturated heterocycles. The highest BCUT2D eigenvalue weighted by atomic mass is 35.5. The van der Waals surface area contributed by atoms with Gasteiger partial charge >= 0.3 is 0 Å². The van der Waals surface area contributed by atoms with Crippen molar-refractivity contribution in [2.75, 3.05) is 11.5 Å². The number of nitrogens with two attached hydrogens (primary N) is 1. The van der Waals surface area contributed by atoms with E-state index in [4.69, 9.17) is 17.3 Å². The number of aryl methyl sites for hydroxylation is 1. The first-order valence-electron chi connectivity index (χ1n) is 5.08. The summed E-state index contributed by atoms with van der Waals surface area (Å²) in [7, 11) is -1.21. The molecule has 0 saturated carbocycles. The van der Waals surface area contributed by atoms with Gasteiger partial charge in [-0.05, 0) is 18.2 Å². The van der Waals surface area contributed by atoms with Crippen LogP contribution < -0.4 is 5.73 Å². The molecule has 0 radical (unpaired) electrons. The molecule has 6 heteroatoms. The number of benzene rings is 1. The molecule has 1 atom stereocenters. The minimum Gasteiger partial charge on any atom is -0.398 e. The second-order valence-corrected chi connectivity index (χ2v) is 5.39. The van der Waals surface area contributed by atoms with Crippen molar-refractivity contribution in [3.05, 3.63) is 41.7 Å². The summed E-state index contributed by atoms with van der Waals surface area (Å²) in [5.74, 6) is 0.440. The number of hydrogen-bond acceptors (Lipinski definition) is 3. The zero-order valence-corrected chi connectivity index (χ0v) is 10.6. The van der Waals surface area contributed by atoms with Crippen LogP contribution in [-0.4, -0.2) is 19.7 Å². The quantitative estimate of drug-likeness (QED) is 0.863. The highest BCUT2D eigenvalue weighted by molar-refractivity contribution is 7.85. The zero-order chi connectivity index (χ0) is 12.3. The molecule has 1 unspecified atom stereocenters. The van der Waals surface area contributed by atoms with Crippen molar-refractivity contribution in [1.82, 2.24) is 9.78 Å². The summed E-state index contributed by atoms with van der Waals surface area (Å²) >= 11 is 5.99. The van der Waals surface area contributed by atoms with Gasteiger partial charge in [0.15, 0.2) is 0 Å². The maximum absolute atomic E-state index is 12.1. The number of anilines is 1. The highest BCUT2D eigenvalue weighted by Gasteiger charge is 2.12. The second-order valence-electron chi connectivity index (χ2n) is 3.48. The summed E-state index contributed by atoms with van der Waals surface area (Å²) < 4.78 is 13.8. The molecule has 1 aromatic heterocycles. The van der Waals surface area contributed by atoms with Crippen molar-refractivity contribution in [2.24, 2.45) is 0 Å². The third-order valence-electron chi connectivity index (χ3n) is 2.29. The van der Waals surface area contributed by atoms with Crippen LogP contribution in [0.15, 0.2) is 41.6 Å². The summed E-state index contributed by atoms with van der Waals surface area (Å²) in [5, 5.41) is 4.49. The molecular weight excluding hydrogens is 258 g/mol. The Morgan fingerprint density at radius 3 is 2.88 bits per heavy atom. The number of nitrogens with zero attached hydrogens (tertiary/aromatic N) is 2. The average Bonchev–Trinajstić information content (AvgIpc) is 2.79. The molecule has 1 aromatic carbocycles. The first-order chi connectivity index (χ1) is 8.18. The van der Waals surface area contributed by atoms with E-state index in [-0.39, 0.29) is 0 Å². The van der Waals surface area contributed by atoms with Crippen molar-refractivity contribution < 1.29 is 4.21 Å². The topological polar surface area (TPSA) is 60.9 Å². The summed E-state index contributed by atoms with van der Waals surface area (Å²) in [5.41, 5.74) is 6.24. The Balaban J connectivity index is 2.10. The van der Waals surface area contributed by atoms with E-state index in [2.05, 4.69) is 5.10 Å². The van der Waals surface area contributed by atoms with E-state index in [0.717, 1.165) is 0 Å². The van der Waals surface area contributed by atoms with Crippen LogP contribution in [0.3, 0.4) is 0 Å². The molecule has 0 aliphatic carbocycles. The number of rotatable bonds is 4. The monoisotopic (exact) mass is 269 g/mol. The Morgan fingerprint density at radius 1 is 1.41 bits per heavy atom. The molecule has 0 aliphatic heterocycles. The van der Waals surface area contributed by atoms with Crippen LogP contribution in [0.1, 0.15) is 0 Å². The molecule has 2 N–H and O–H groups in total. The van der Waals surface area contributed by atoms with E-state index in [1.807, 2.05) is 12.3 Å². The predicted octanol–water partition coefficient (Wildman–Crippen LogP) is 1.93. The lowest BCUT2D eigenvalue weighted by Gasteiger charge is -2.07. The van der Waals surface area contributed by atoms with E-state index in [1.165, 1.54) is 0 Å². The fraction of sp³-hybridized carbons (Fsp3) is 0.182. The van der Waals surface area contributed by atoms with Gasteiger partial charge in [0.1, 0.15) is 0 Å². The Labute approximate surface area is 107 Å². The number of aromatic nitrogens is 2. The van der Waals surface area contributed by atoms with E-state index >= 15 is 0 Å².